The lowest BCUT2D eigenvalue weighted by Gasteiger charge is -2.29. The Labute approximate surface area is 242 Å². The maximum absolute atomic E-state index is 13.8. The molecule has 0 aliphatic heterocycles. The molecule has 3 aromatic carbocycles. The van der Waals surface area contributed by atoms with Gasteiger partial charge in [-0.15, -0.1) is 0 Å². The van der Waals surface area contributed by atoms with Crippen LogP contribution in [0.3, 0.4) is 0 Å². The molecule has 4 rings (SSSR count). The first kappa shape index (κ1) is 29.3. The van der Waals surface area contributed by atoms with Crippen LogP contribution < -0.4 is 10.6 Å². The third-order valence-corrected chi connectivity index (χ3v) is 7.26. The molecule has 0 spiro atoms. The molecule has 0 bridgehead atoms. The second-order valence-corrected chi connectivity index (χ2v) is 10.7. The van der Waals surface area contributed by atoms with Crippen molar-refractivity contribution in [2.24, 2.45) is 0 Å². The molecule has 0 aliphatic carbocycles. The molecule has 1 aromatic heterocycles. The zero-order valence-corrected chi connectivity index (χ0v) is 24.4. The molecule has 2 atom stereocenters. The van der Waals surface area contributed by atoms with Gasteiger partial charge in [-0.1, -0.05) is 59.7 Å². The van der Waals surface area contributed by atoms with Gasteiger partial charge >= 0.3 is 0 Å². The number of hydrogen-bond acceptors (Lipinski definition) is 4. The molecule has 4 N–H and O–H groups in total. The van der Waals surface area contributed by atoms with Gasteiger partial charge < -0.3 is 25.9 Å². The molecule has 0 fully saturated rings. The van der Waals surface area contributed by atoms with E-state index in [1.54, 1.807) is 31.3 Å². The van der Waals surface area contributed by atoms with Crippen LogP contribution in [0.15, 0.2) is 85.2 Å². The first-order valence-corrected chi connectivity index (χ1v) is 13.9. The van der Waals surface area contributed by atoms with Gasteiger partial charge in [0.1, 0.15) is 6.04 Å². The molecule has 1 heterocycles. The lowest BCUT2D eigenvalue weighted by molar-refractivity contribution is -0.125. The number of amides is 2. The van der Waals surface area contributed by atoms with E-state index in [9.17, 15) is 9.59 Å². The summed E-state index contributed by atoms with van der Waals surface area (Å²) >= 11 is 0. The number of aromatic nitrogens is 1. The van der Waals surface area contributed by atoms with Crippen LogP contribution in [0.25, 0.3) is 10.9 Å². The number of H-pyrrole nitrogens is 1. The predicted octanol–water partition coefficient (Wildman–Crippen LogP) is 5.32. The fraction of sp³-hybridized carbons (Fsp3) is 0.265. The molecule has 4 aromatic rings. The molecule has 212 valence electrons. The highest BCUT2D eigenvalue weighted by Gasteiger charge is 2.29. The van der Waals surface area contributed by atoms with Crippen LogP contribution in [0.1, 0.15) is 45.1 Å². The van der Waals surface area contributed by atoms with Gasteiger partial charge in [-0.3, -0.25) is 9.59 Å². The number of nitrogens with one attached hydrogen (secondary N) is 4. The average molecular weight is 550 g/mol. The lowest BCUT2D eigenvalue weighted by atomic mass is 9.99. The van der Waals surface area contributed by atoms with E-state index >= 15 is 0 Å². The minimum atomic E-state index is -0.719. The van der Waals surface area contributed by atoms with Crippen molar-refractivity contribution in [3.8, 4) is 0 Å². The summed E-state index contributed by atoms with van der Waals surface area (Å²) in [6.07, 6.45) is 6.40. The summed E-state index contributed by atoms with van der Waals surface area (Å²) in [6, 6.07) is 20.6. The zero-order chi connectivity index (χ0) is 29.5. The van der Waals surface area contributed by atoms with Crippen molar-refractivity contribution in [1.29, 1.82) is 5.41 Å². The molecular weight excluding hydrogens is 510 g/mol. The highest BCUT2D eigenvalue weighted by atomic mass is 16.2. The van der Waals surface area contributed by atoms with Gasteiger partial charge in [0.15, 0.2) is 0 Å². The van der Waals surface area contributed by atoms with E-state index in [1.165, 1.54) is 0 Å². The number of nitrogens with zero attached hydrogens (tertiary/aromatic N) is 1. The lowest BCUT2D eigenvalue weighted by Crippen LogP contribution is -2.51. The fourth-order valence-corrected chi connectivity index (χ4v) is 5.18. The topological polar surface area (TPSA) is 101 Å². The predicted molar refractivity (Wildman–Crippen MR) is 167 cm³/mol. The van der Waals surface area contributed by atoms with Crippen molar-refractivity contribution in [3.05, 3.63) is 119 Å². The van der Waals surface area contributed by atoms with E-state index in [1.807, 2.05) is 87.6 Å². The van der Waals surface area contributed by atoms with Gasteiger partial charge in [-0.2, -0.15) is 0 Å². The van der Waals surface area contributed by atoms with E-state index in [-0.39, 0.29) is 17.9 Å². The summed E-state index contributed by atoms with van der Waals surface area (Å²) in [6.45, 7) is 5.91. The SMILES string of the molecule is CN/C=C\C(=N)c1ccc(CC(C(=O)NC(C)Cc2c[nH]c3ccccc23)N(C)C(=O)c2cc(C)cc(C)c2)cc1. The number of aryl methyl sites for hydroxylation is 2. The van der Waals surface area contributed by atoms with Gasteiger partial charge in [-0.25, -0.2) is 0 Å². The molecule has 7 heteroatoms. The monoisotopic (exact) mass is 549 g/mol. The molecule has 0 radical (unpaired) electrons. The third-order valence-electron chi connectivity index (χ3n) is 7.26. The average Bonchev–Trinajstić information content (AvgIpc) is 3.36. The first-order chi connectivity index (χ1) is 19.7. The Bertz CT molecular complexity index is 1550. The van der Waals surface area contributed by atoms with Crippen LogP contribution in [0.5, 0.6) is 0 Å². The standard InChI is InChI=1S/C34H39N5O2/c1-22-16-23(2)18-27(17-22)34(41)39(5)32(20-25-10-12-26(13-11-25)30(35)14-15-36-4)33(40)38-24(3)19-28-21-37-31-9-7-6-8-29(28)31/h6-18,21,24,32,35-37H,19-20H2,1-5H3,(H,38,40)/b15-14-,35-30?. The van der Waals surface area contributed by atoms with E-state index in [2.05, 4.69) is 21.7 Å². The second kappa shape index (κ2) is 13.1. The zero-order valence-electron chi connectivity index (χ0n) is 24.4. The van der Waals surface area contributed by atoms with Crippen molar-refractivity contribution >= 4 is 28.4 Å². The highest BCUT2D eigenvalue weighted by Crippen LogP contribution is 2.20. The van der Waals surface area contributed by atoms with E-state index in [0.29, 0.717) is 24.1 Å². The number of allylic oxidation sites excluding steroid dienone is 1. The number of para-hydroxylation sites is 1. The van der Waals surface area contributed by atoms with Gasteiger partial charge in [0.2, 0.25) is 5.91 Å². The minimum Gasteiger partial charge on any atom is -0.394 e. The molecule has 0 aliphatic rings. The Morgan fingerprint density at radius 1 is 0.976 bits per heavy atom. The van der Waals surface area contributed by atoms with Gasteiger partial charge in [0.05, 0.1) is 5.71 Å². The van der Waals surface area contributed by atoms with Crippen LogP contribution in [0.2, 0.25) is 0 Å². The molecule has 41 heavy (non-hydrogen) atoms. The van der Waals surface area contributed by atoms with Crippen molar-refractivity contribution in [1.82, 2.24) is 20.5 Å². The fourth-order valence-electron chi connectivity index (χ4n) is 5.18. The summed E-state index contributed by atoms with van der Waals surface area (Å²) in [7, 11) is 3.48. The molecule has 2 unspecified atom stereocenters. The molecule has 0 saturated carbocycles. The Morgan fingerprint density at radius 3 is 2.34 bits per heavy atom. The number of aromatic amines is 1. The van der Waals surface area contributed by atoms with Gasteiger partial charge in [0.25, 0.3) is 5.91 Å². The molecule has 7 nitrogen and oxygen atoms in total. The van der Waals surface area contributed by atoms with Crippen LogP contribution >= 0.6 is 0 Å². The van der Waals surface area contributed by atoms with Crippen molar-refractivity contribution in [2.75, 3.05) is 14.1 Å². The summed E-state index contributed by atoms with van der Waals surface area (Å²) in [5.41, 5.74) is 6.83. The molecule has 2 amide bonds. The van der Waals surface area contributed by atoms with Gasteiger partial charge in [0, 0.05) is 49.2 Å². The smallest absolute Gasteiger partial charge is 0.254 e. The number of rotatable bonds is 11. The molecular formula is C34H39N5O2. The van der Waals surface area contributed by atoms with E-state index in [4.69, 9.17) is 5.41 Å². The van der Waals surface area contributed by atoms with Crippen LogP contribution in [-0.2, 0) is 17.6 Å². The highest BCUT2D eigenvalue weighted by molar-refractivity contribution is 6.06. The van der Waals surface area contributed by atoms with Crippen LogP contribution in [0.4, 0.5) is 0 Å². The Balaban J connectivity index is 1.56. The first-order valence-electron chi connectivity index (χ1n) is 13.9. The number of fused-ring (bicyclic) bond motifs is 1. The van der Waals surface area contributed by atoms with Crippen LogP contribution in [-0.4, -0.2) is 53.6 Å². The summed E-state index contributed by atoms with van der Waals surface area (Å²) in [5.74, 6) is -0.400. The number of carbonyl (C=O) groups is 2. The van der Waals surface area contributed by atoms with Crippen molar-refractivity contribution < 1.29 is 9.59 Å². The van der Waals surface area contributed by atoms with Crippen LogP contribution in [0, 0.1) is 19.3 Å². The van der Waals surface area contributed by atoms with E-state index < -0.39 is 6.04 Å². The van der Waals surface area contributed by atoms with Crippen molar-refractivity contribution in [3.63, 3.8) is 0 Å². The maximum Gasteiger partial charge on any atom is 0.254 e. The van der Waals surface area contributed by atoms with E-state index in [0.717, 1.165) is 38.7 Å². The molecule has 0 saturated heterocycles. The number of carbonyl (C=O) groups excluding carboxylic acids is 2. The Kier molecular flexibility index (Phi) is 9.40. The quantitative estimate of drug-likeness (QED) is 0.191. The summed E-state index contributed by atoms with van der Waals surface area (Å²) in [5, 5.41) is 15.4. The maximum atomic E-state index is 13.8. The third kappa shape index (κ3) is 7.31. The summed E-state index contributed by atoms with van der Waals surface area (Å²) in [4.78, 5) is 32.3. The Hall–Kier alpha value is -4.65. The normalized spacial score (nSPS) is 12.7. The number of hydrogen-bond donors (Lipinski definition) is 4. The summed E-state index contributed by atoms with van der Waals surface area (Å²) < 4.78 is 0. The largest absolute Gasteiger partial charge is 0.394 e. The van der Waals surface area contributed by atoms with Gasteiger partial charge in [-0.05, 0) is 74.4 Å². The number of likely N-dealkylation sites (N-methyl/N-ethyl adjacent to an activating group) is 1. The Morgan fingerprint density at radius 2 is 1.66 bits per heavy atom. The van der Waals surface area contributed by atoms with Crippen molar-refractivity contribution in [2.45, 2.75) is 45.7 Å². The minimum absolute atomic E-state index is 0.143. The second-order valence-electron chi connectivity index (χ2n) is 10.7. The number of benzene rings is 3.